The average Bonchev–Trinajstić information content (AvgIpc) is 2.31. The molecule has 4 heteroatoms. The van der Waals surface area contributed by atoms with Crippen LogP contribution in [0.3, 0.4) is 0 Å². The number of benzene rings is 1. The number of para-hydroxylation sites is 1. The van der Waals surface area contributed by atoms with Crippen LogP contribution in [0, 0.1) is 0 Å². The van der Waals surface area contributed by atoms with Crippen molar-refractivity contribution in [1.29, 1.82) is 0 Å². The molecule has 17 heavy (non-hydrogen) atoms. The van der Waals surface area contributed by atoms with Crippen molar-refractivity contribution in [2.45, 2.75) is 25.6 Å². The van der Waals surface area contributed by atoms with E-state index < -0.39 is 0 Å². The number of ketones is 1. The van der Waals surface area contributed by atoms with Gasteiger partial charge in [-0.1, -0.05) is 28.1 Å². The van der Waals surface area contributed by atoms with E-state index in [1.807, 2.05) is 32.0 Å². The van der Waals surface area contributed by atoms with Crippen molar-refractivity contribution in [2.75, 3.05) is 13.2 Å². The fourth-order valence-corrected chi connectivity index (χ4v) is 1.88. The summed E-state index contributed by atoms with van der Waals surface area (Å²) in [6, 6.07) is 5.58. The minimum Gasteiger partial charge on any atom is -0.490 e. The number of halogens is 1. The predicted molar refractivity (Wildman–Crippen MR) is 71.1 cm³/mol. The Morgan fingerprint density at radius 3 is 2.47 bits per heavy atom. The predicted octanol–water partition coefficient (Wildman–Crippen LogP) is 3.51. The molecule has 0 bridgehead atoms. The zero-order valence-electron chi connectivity index (χ0n) is 10.3. The van der Waals surface area contributed by atoms with Gasteiger partial charge in [-0.15, -0.1) is 0 Å². The molecule has 0 aliphatic carbocycles. The van der Waals surface area contributed by atoms with Crippen molar-refractivity contribution in [1.82, 2.24) is 0 Å². The van der Waals surface area contributed by atoms with Crippen LogP contribution < -0.4 is 9.47 Å². The van der Waals surface area contributed by atoms with Crippen LogP contribution in [0.15, 0.2) is 18.2 Å². The number of ether oxygens (including phenoxy) is 2. The van der Waals surface area contributed by atoms with Crippen molar-refractivity contribution < 1.29 is 14.3 Å². The van der Waals surface area contributed by atoms with Gasteiger partial charge in [0.05, 0.1) is 13.2 Å². The summed E-state index contributed by atoms with van der Waals surface area (Å²) in [4.78, 5) is 11.1. The van der Waals surface area contributed by atoms with Crippen LogP contribution in [-0.2, 0) is 4.79 Å². The number of Topliss-reactive ketones (excluding diaryl/α,β-unsaturated/α-hetero) is 1. The molecule has 0 aromatic heterocycles. The Hall–Kier alpha value is -1.03. The molecule has 0 amide bonds. The summed E-state index contributed by atoms with van der Waals surface area (Å²) < 4.78 is 11.1. The third-order valence-corrected chi connectivity index (χ3v) is 3.37. The summed E-state index contributed by atoms with van der Waals surface area (Å²) >= 11 is 3.37. The highest BCUT2D eigenvalue weighted by Gasteiger charge is 2.20. The van der Waals surface area contributed by atoms with E-state index >= 15 is 0 Å². The molecule has 0 aliphatic heterocycles. The van der Waals surface area contributed by atoms with Gasteiger partial charge in [0.25, 0.3) is 0 Å². The molecule has 94 valence electrons. The molecule has 0 N–H and O–H groups in total. The lowest BCUT2D eigenvalue weighted by Crippen LogP contribution is -2.06. The lowest BCUT2D eigenvalue weighted by atomic mass is 10.1. The van der Waals surface area contributed by atoms with Crippen molar-refractivity contribution in [2.24, 2.45) is 0 Å². The quantitative estimate of drug-likeness (QED) is 0.754. The summed E-state index contributed by atoms with van der Waals surface area (Å²) in [6.45, 7) is 6.47. The average molecular weight is 301 g/mol. The van der Waals surface area contributed by atoms with Crippen LogP contribution in [0.5, 0.6) is 11.5 Å². The highest BCUT2D eigenvalue weighted by molar-refractivity contribution is 9.09. The van der Waals surface area contributed by atoms with Crippen molar-refractivity contribution in [3.05, 3.63) is 23.8 Å². The van der Waals surface area contributed by atoms with E-state index in [1.165, 1.54) is 0 Å². The van der Waals surface area contributed by atoms with E-state index in [9.17, 15) is 4.79 Å². The topological polar surface area (TPSA) is 35.5 Å². The highest BCUT2D eigenvalue weighted by Crippen LogP contribution is 2.38. The second-order valence-corrected chi connectivity index (χ2v) is 4.43. The normalized spacial score (nSPS) is 12.0. The molecular formula is C13H17BrO3. The van der Waals surface area contributed by atoms with Crippen molar-refractivity contribution in [3.8, 4) is 11.5 Å². The molecule has 1 rings (SSSR count). The molecule has 0 aliphatic rings. The fraction of sp³-hybridized carbons (Fsp3) is 0.462. The standard InChI is InChI=1S/C13H17BrO3/c1-4-16-11-8-6-7-10(12(14)9(3)15)13(11)17-5-2/h6-8,12H,4-5H2,1-3H3. The monoisotopic (exact) mass is 300 g/mol. The maximum Gasteiger partial charge on any atom is 0.165 e. The fourth-order valence-electron chi connectivity index (χ4n) is 1.52. The molecule has 3 nitrogen and oxygen atoms in total. The second-order valence-electron chi connectivity index (χ2n) is 3.51. The summed E-state index contributed by atoms with van der Waals surface area (Å²) in [5, 5.41) is 0. The van der Waals surface area contributed by atoms with Crippen LogP contribution in [0.2, 0.25) is 0 Å². The van der Waals surface area contributed by atoms with Gasteiger partial charge in [-0.2, -0.15) is 0 Å². The van der Waals surface area contributed by atoms with E-state index in [1.54, 1.807) is 6.92 Å². The lowest BCUT2D eigenvalue weighted by molar-refractivity contribution is -0.116. The van der Waals surface area contributed by atoms with Gasteiger partial charge in [0.2, 0.25) is 0 Å². The largest absolute Gasteiger partial charge is 0.490 e. The molecule has 1 aromatic rings. The second kappa shape index (κ2) is 6.64. The Balaban J connectivity index is 3.18. The molecule has 0 radical (unpaired) electrons. The molecular weight excluding hydrogens is 284 g/mol. The summed E-state index contributed by atoms with van der Waals surface area (Å²) in [5.74, 6) is 1.37. The Kier molecular flexibility index (Phi) is 5.48. The summed E-state index contributed by atoms with van der Waals surface area (Å²) in [5.41, 5.74) is 0.810. The number of rotatable bonds is 6. The van der Waals surface area contributed by atoms with Gasteiger partial charge < -0.3 is 9.47 Å². The van der Waals surface area contributed by atoms with Gasteiger partial charge in [-0.25, -0.2) is 0 Å². The Labute approximate surface area is 110 Å². The van der Waals surface area contributed by atoms with Crippen LogP contribution in [0.4, 0.5) is 0 Å². The SMILES string of the molecule is CCOc1cccc(C(Br)C(C)=O)c1OCC. The molecule has 1 unspecified atom stereocenters. The highest BCUT2D eigenvalue weighted by atomic mass is 79.9. The summed E-state index contributed by atoms with van der Waals surface area (Å²) in [6.07, 6.45) is 0. The van der Waals surface area contributed by atoms with E-state index in [-0.39, 0.29) is 10.6 Å². The van der Waals surface area contributed by atoms with Crippen LogP contribution in [-0.4, -0.2) is 19.0 Å². The van der Waals surface area contributed by atoms with Crippen molar-refractivity contribution in [3.63, 3.8) is 0 Å². The number of carbonyl (C=O) groups excluding carboxylic acids is 1. The Bertz CT molecular complexity index is 390. The first-order chi connectivity index (χ1) is 8.11. The molecule has 0 fully saturated rings. The maximum absolute atomic E-state index is 11.4. The van der Waals surface area contributed by atoms with Crippen LogP contribution >= 0.6 is 15.9 Å². The van der Waals surface area contributed by atoms with Gasteiger partial charge in [0.1, 0.15) is 10.6 Å². The third-order valence-electron chi connectivity index (χ3n) is 2.23. The first-order valence-corrected chi connectivity index (χ1v) is 6.56. The number of alkyl halides is 1. The van der Waals surface area contributed by atoms with Crippen LogP contribution in [0.25, 0.3) is 0 Å². The Morgan fingerprint density at radius 1 is 1.29 bits per heavy atom. The van der Waals surface area contributed by atoms with Gasteiger partial charge in [-0.05, 0) is 26.8 Å². The zero-order valence-corrected chi connectivity index (χ0v) is 11.9. The molecule has 0 saturated heterocycles. The minimum absolute atomic E-state index is 0.0413. The van der Waals surface area contributed by atoms with Crippen molar-refractivity contribution >= 4 is 21.7 Å². The lowest BCUT2D eigenvalue weighted by Gasteiger charge is -2.17. The zero-order chi connectivity index (χ0) is 12.8. The molecule has 1 aromatic carbocycles. The van der Waals surface area contributed by atoms with Gasteiger partial charge in [0.15, 0.2) is 11.5 Å². The van der Waals surface area contributed by atoms with Gasteiger partial charge in [-0.3, -0.25) is 4.79 Å². The number of hydrogen-bond acceptors (Lipinski definition) is 3. The third kappa shape index (κ3) is 3.46. The van der Waals surface area contributed by atoms with E-state index in [2.05, 4.69) is 15.9 Å². The summed E-state index contributed by atoms with van der Waals surface area (Å²) in [7, 11) is 0. The van der Waals surface area contributed by atoms with E-state index in [0.29, 0.717) is 24.7 Å². The minimum atomic E-state index is -0.357. The van der Waals surface area contributed by atoms with E-state index in [0.717, 1.165) is 5.56 Å². The Morgan fingerprint density at radius 2 is 1.94 bits per heavy atom. The first-order valence-electron chi connectivity index (χ1n) is 5.64. The molecule has 1 atom stereocenters. The maximum atomic E-state index is 11.4. The molecule has 0 heterocycles. The van der Waals surface area contributed by atoms with Gasteiger partial charge >= 0.3 is 0 Å². The smallest absolute Gasteiger partial charge is 0.165 e. The van der Waals surface area contributed by atoms with E-state index in [4.69, 9.17) is 9.47 Å². The van der Waals surface area contributed by atoms with Gasteiger partial charge in [0, 0.05) is 5.56 Å². The number of carbonyl (C=O) groups is 1. The molecule has 0 saturated carbocycles. The first kappa shape index (κ1) is 14.0. The molecule has 0 spiro atoms. The number of hydrogen-bond donors (Lipinski definition) is 0. The van der Waals surface area contributed by atoms with Crippen LogP contribution in [0.1, 0.15) is 31.2 Å².